The molecule has 1 aromatic rings. The van der Waals surface area contributed by atoms with Crippen LogP contribution in [0.1, 0.15) is 25.1 Å². The molecule has 0 spiro atoms. The number of hydrogen-bond acceptors (Lipinski definition) is 2. The lowest BCUT2D eigenvalue weighted by Crippen LogP contribution is -2.11. The molecule has 0 saturated carbocycles. The molecule has 2 heteroatoms. The third-order valence-electron chi connectivity index (χ3n) is 2.09. The number of ketones is 1. The summed E-state index contributed by atoms with van der Waals surface area (Å²) in [6, 6.07) is 4.01. The van der Waals surface area contributed by atoms with Crippen molar-refractivity contribution in [2.75, 3.05) is 0 Å². The third-order valence-corrected chi connectivity index (χ3v) is 2.97. The molecule has 1 heterocycles. The topological polar surface area (TPSA) is 17.1 Å². The molecule has 0 aliphatic heterocycles. The van der Waals surface area contributed by atoms with Gasteiger partial charge >= 0.3 is 0 Å². The van der Waals surface area contributed by atoms with Crippen LogP contribution in [0, 0.1) is 5.92 Å². The molecule has 1 atom stereocenters. The van der Waals surface area contributed by atoms with Crippen LogP contribution in [0.25, 0.3) is 0 Å². The maximum atomic E-state index is 11.4. The molecule has 1 rings (SSSR count). The molecular formula is C10H14OS. The first-order valence-corrected chi connectivity index (χ1v) is 5.17. The van der Waals surface area contributed by atoms with Crippen molar-refractivity contribution in [2.24, 2.45) is 5.92 Å². The number of thiophene rings is 1. The van der Waals surface area contributed by atoms with E-state index in [4.69, 9.17) is 0 Å². The molecule has 0 aliphatic carbocycles. The highest BCUT2D eigenvalue weighted by Gasteiger charge is 2.11. The predicted octanol–water partition coefficient (Wildman–Crippen LogP) is 2.91. The molecule has 0 amide bonds. The molecule has 0 saturated heterocycles. The van der Waals surface area contributed by atoms with Crippen LogP contribution < -0.4 is 0 Å². The summed E-state index contributed by atoms with van der Waals surface area (Å²) in [6.07, 6.45) is 1.57. The van der Waals surface area contributed by atoms with Gasteiger partial charge in [0.15, 0.2) is 0 Å². The summed E-state index contributed by atoms with van der Waals surface area (Å²) in [7, 11) is 0. The number of Topliss-reactive ketones (excluding diaryl/α,β-unsaturated/α-hetero) is 1. The summed E-state index contributed by atoms with van der Waals surface area (Å²) in [5, 5.41) is 2.01. The Morgan fingerprint density at radius 3 is 2.92 bits per heavy atom. The summed E-state index contributed by atoms with van der Waals surface area (Å²) in [5.74, 6) is 0.576. The molecule has 0 radical (unpaired) electrons. The fourth-order valence-electron chi connectivity index (χ4n) is 0.987. The molecule has 1 nitrogen and oxygen atoms in total. The van der Waals surface area contributed by atoms with Gasteiger partial charge in [-0.3, -0.25) is 4.79 Å². The Morgan fingerprint density at radius 1 is 1.67 bits per heavy atom. The minimum atomic E-state index is 0.215. The molecule has 1 unspecified atom stereocenters. The van der Waals surface area contributed by atoms with Gasteiger partial charge in [-0.05, 0) is 17.9 Å². The van der Waals surface area contributed by atoms with E-state index in [1.165, 1.54) is 4.88 Å². The van der Waals surface area contributed by atoms with Gasteiger partial charge in [-0.25, -0.2) is 0 Å². The van der Waals surface area contributed by atoms with Crippen LogP contribution in [0.15, 0.2) is 17.5 Å². The van der Waals surface area contributed by atoms with Crippen LogP contribution in [0.3, 0.4) is 0 Å². The first kappa shape index (κ1) is 9.46. The Kier molecular flexibility index (Phi) is 3.48. The monoisotopic (exact) mass is 182 g/mol. The van der Waals surface area contributed by atoms with Crippen molar-refractivity contribution in [2.45, 2.75) is 26.7 Å². The zero-order chi connectivity index (χ0) is 8.97. The van der Waals surface area contributed by atoms with Gasteiger partial charge in [-0.15, -0.1) is 11.3 Å². The second kappa shape index (κ2) is 4.41. The normalized spacial score (nSPS) is 12.8. The van der Waals surface area contributed by atoms with Gasteiger partial charge in [0.05, 0.1) is 0 Å². The maximum absolute atomic E-state index is 11.4. The standard InChI is InChI=1S/C10H14OS/c1-3-8(2)10(11)7-9-5-4-6-12-9/h4-6,8H,3,7H2,1-2H3. The van der Waals surface area contributed by atoms with Crippen LogP contribution in [-0.4, -0.2) is 5.78 Å². The number of carbonyl (C=O) groups is 1. The van der Waals surface area contributed by atoms with Gasteiger partial charge < -0.3 is 0 Å². The summed E-state index contributed by atoms with van der Waals surface area (Å²) in [4.78, 5) is 12.6. The second-order valence-electron chi connectivity index (χ2n) is 3.03. The second-order valence-corrected chi connectivity index (χ2v) is 4.06. The third kappa shape index (κ3) is 2.45. The van der Waals surface area contributed by atoms with Crippen LogP contribution in [0.5, 0.6) is 0 Å². The molecule has 0 N–H and O–H groups in total. The minimum Gasteiger partial charge on any atom is -0.299 e. The SMILES string of the molecule is CCC(C)C(=O)Cc1cccs1. The highest BCUT2D eigenvalue weighted by molar-refractivity contribution is 7.10. The fraction of sp³-hybridized carbons (Fsp3) is 0.500. The molecule has 0 aliphatic rings. The Labute approximate surface area is 77.4 Å². The van der Waals surface area contributed by atoms with Gasteiger partial charge in [0.1, 0.15) is 5.78 Å². The molecule has 66 valence electrons. The molecular weight excluding hydrogens is 168 g/mol. The predicted molar refractivity (Wildman–Crippen MR) is 52.5 cm³/mol. The molecule has 0 bridgehead atoms. The summed E-state index contributed by atoms with van der Waals surface area (Å²) >= 11 is 1.66. The molecule has 12 heavy (non-hydrogen) atoms. The van der Waals surface area contributed by atoms with E-state index in [-0.39, 0.29) is 5.92 Å². The van der Waals surface area contributed by atoms with E-state index < -0.39 is 0 Å². The van der Waals surface area contributed by atoms with Gasteiger partial charge in [0, 0.05) is 17.2 Å². The highest BCUT2D eigenvalue weighted by atomic mass is 32.1. The number of carbonyl (C=O) groups excluding carboxylic acids is 1. The fourth-order valence-corrected chi connectivity index (χ4v) is 1.70. The van der Waals surface area contributed by atoms with E-state index in [0.717, 1.165) is 6.42 Å². The highest BCUT2D eigenvalue weighted by Crippen LogP contribution is 2.13. The minimum absolute atomic E-state index is 0.215. The van der Waals surface area contributed by atoms with Crippen molar-refractivity contribution in [3.8, 4) is 0 Å². The van der Waals surface area contributed by atoms with Crippen LogP contribution >= 0.6 is 11.3 Å². The molecule has 1 aromatic heterocycles. The van der Waals surface area contributed by atoms with Crippen LogP contribution in [0.2, 0.25) is 0 Å². The summed E-state index contributed by atoms with van der Waals surface area (Å²) in [5.41, 5.74) is 0. The average molecular weight is 182 g/mol. The van der Waals surface area contributed by atoms with Crippen molar-refractivity contribution >= 4 is 17.1 Å². The Hall–Kier alpha value is -0.630. The van der Waals surface area contributed by atoms with E-state index >= 15 is 0 Å². The lowest BCUT2D eigenvalue weighted by molar-refractivity contribution is -0.121. The Balaban J connectivity index is 2.47. The quantitative estimate of drug-likeness (QED) is 0.699. The van der Waals surface area contributed by atoms with Gasteiger partial charge in [-0.1, -0.05) is 19.9 Å². The van der Waals surface area contributed by atoms with Gasteiger partial charge in [-0.2, -0.15) is 0 Å². The smallest absolute Gasteiger partial charge is 0.140 e. The number of rotatable bonds is 4. The van der Waals surface area contributed by atoms with Crippen molar-refractivity contribution in [3.63, 3.8) is 0 Å². The zero-order valence-electron chi connectivity index (χ0n) is 7.54. The van der Waals surface area contributed by atoms with E-state index in [2.05, 4.69) is 6.92 Å². The first-order chi connectivity index (χ1) is 5.74. The Bertz CT molecular complexity index is 238. The zero-order valence-corrected chi connectivity index (χ0v) is 8.36. The average Bonchev–Trinajstić information content (AvgIpc) is 2.55. The van der Waals surface area contributed by atoms with Crippen molar-refractivity contribution in [1.29, 1.82) is 0 Å². The maximum Gasteiger partial charge on any atom is 0.140 e. The van der Waals surface area contributed by atoms with E-state index in [1.54, 1.807) is 11.3 Å². The Morgan fingerprint density at radius 2 is 2.42 bits per heavy atom. The van der Waals surface area contributed by atoms with Gasteiger partial charge in [0.25, 0.3) is 0 Å². The largest absolute Gasteiger partial charge is 0.299 e. The van der Waals surface area contributed by atoms with Crippen LogP contribution in [-0.2, 0) is 11.2 Å². The molecule has 0 fully saturated rings. The number of hydrogen-bond donors (Lipinski definition) is 0. The lowest BCUT2D eigenvalue weighted by atomic mass is 10.0. The summed E-state index contributed by atoms with van der Waals surface area (Å²) < 4.78 is 0. The molecule has 0 aromatic carbocycles. The van der Waals surface area contributed by atoms with E-state index in [9.17, 15) is 4.79 Å². The van der Waals surface area contributed by atoms with Gasteiger partial charge in [0.2, 0.25) is 0 Å². The van der Waals surface area contributed by atoms with E-state index in [1.807, 2.05) is 24.4 Å². The summed E-state index contributed by atoms with van der Waals surface area (Å²) in [6.45, 7) is 4.05. The van der Waals surface area contributed by atoms with Crippen molar-refractivity contribution in [1.82, 2.24) is 0 Å². The lowest BCUT2D eigenvalue weighted by Gasteiger charge is -2.04. The van der Waals surface area contributed by atoms with E-state index in [0.29, 0.717) is 12.2 Å². The first-order valence-electron chi connectivity index (χ1n) is 4.29. The van der Waals surface area contributed by atoms with Crippen molar-refractivity contribution in [3.05, 3.63) is 22.4 Å². The van der Waals surface area contributed by atoms with Crippen LogP contribution in [0.4, 0.5) is 0 Å². The van der Waals surface area contributed by atoms with Crippen molar-refractivity contribution < 1.29 is 4.79 Å².